The van der Waals surface area contributed by atoms with Gasteiger partial charge in [0.25, 0.3) is 0 Å². The van der Waals surface area contributed by atoms with E-state index >= 15 is 0 Å². The van der Waals surface area contributed by atoms with Gasteiger partial charge in [0, 0.05) is 14.1 Å². The molecular formula is C10H6Br3Cl3N2. The zero-order valence-corrected chi connectivity index (χ0v) is 16.2. The van der Waals surface area contributed by atoms with Gasteiger partial charge in [0.15, 0.2) is 0 Å². The van der Waals surface area contributed by atoms with Crippen LogP contribution < -0.4 is 0 Å². The molecule has 0 unspecified atom stereocenters. The van der Waals surface area contributed by atoms with Gasteiger partial charge in [-0.2, -0.15) is 0 Å². The van der Waals surface area contributed by atoms with Crippen molar-refractivity contribution in [2.75, 3.05) is 0 Å². The van der Waals surface area contributed by atoms with Crippen LogP contribution >= 0.6 is 82.6 Å². The fourth-order valence-electron chi connectivity index (χ4n) is 1.70. The summed E-state index contributed by atoms with van der Waals surface area (Å²) < 4.78 is 5.92. The Morgan fingerprint density at radius 2 is 1.17 bits per heavy atom. The minimum atomic E-state index is 0.537. The lowest BCUT2D eigenvalue weighted by Crippen LogP contribution is -1.98. The molecule has 0 saturated carbocycles. The van der Waals surface area contributed by atoms with Gasteiger partial charge in [-0.1, -0.05) is 34.8 Å². The molecule has 0 aliphatic rings. The third kappa shape index (κ3) is 2.11. The summed E-state index contributed by atoms with van der Waals surface area (Å²) >= 11 is 29.0. The zero-order valence-electron chi connectivity index (χ0n) is 9.16. The van der Waals surface area contributed by atoms with E-state index in [2.05, 4.69) is 47.8 Å². The highest BCUT2D eigenvalue weighted by Crippen LogP contribution is 2.47. The molecule has 0 fully saturated rings. The molecule has 0 aromatic carbocycles. The Balaban J connectivity index is 2.86. The first kappa shape index (κ1) is 15.3. The molecule has 2 heterocycles. The van der Waals surface area contributed by atoms with Gasteiger partial charge >= 0.3 is 0 Å². The minimum absolute atomic E-state index is 0.537. The molecule has 0 bridgehead atoms. The topological polar surface area (TPSA) is 9.86 Å². The summed E-state index contributed by atoms with van der Waals surface area (Å²) in [6.07, 6.45) is 0. The molecule has 0 N–H and O–H groups in total. The molecule has 0 spiro atoms. The van der Waals surface area contributed by atoms with E-state index in [0.717, 1.165) is 20.3 Å². The lowest BCUT2D eigenvalue weighted by atomic mass is 10.3. The summed E-state index contributed by atoms with van der Waals surface area (Å²) in [5, 5.41) is 1.67. The summed E-state index contributed by atoms with van der Waals surface area (Å²) in [4.78, 5) is 0. The first-order chi connectivity index (χ1) is 8.29. The molecule has 0 amide bonds. The van der Waals surface area contributed by atoms with Crippen molar-refractivity contribution in [1.82, 2.24) is 9.13 Å². The average molecular weight is 500 g/mol. The summed E-state index contributed by atoms with van der Waals surface area (Å²) in [5.41, 5.74) is 1.64. The van der Waals surface area contributed by atoms with Crippen LogP contribution in [0, 0.1) is 0 Å². The van der Waals surface area contributed by atoms with E-state index in [0.29, 0.717) is 19.8 Å². The number of nitrogens with zero attached hydrogens (tertiary/aromatic N) is 2. The average Bonchev–Trinajstić information content (AvgIpc) is 2.64. The largest absolute Gasteiger partial charge is 0.332 e. The molecule has 98 valence electrons. The predicted molar refractivity (Wildman–Crippen MR) is 88.0 cm³/mol. The Labute approximate surface area is 145 Å². The van der Waals surface area contributed by atoms with E-state index in [9.17, 15) is 0 Å². The maximum Gasteiger partial charge on any atom is 0.125 e. The maximum absolute atomic E-state index is 6.31. The first-order valence-electron chi connectivity index (χ1n) is 4.67. The van der Waals surface area contributed by atoms with Gasteiger partial charge < -0.3 is 9.13 Å². The second-order valence-electron chi connectivity index (χ2n) is 3.65. The summed E-state index contributed by atoms with van der Waals surface area (Å²) in [5.74, 6) is 0. The van der Waals surface area contributed by atoms with Crippen molar-refractivity contribution >= 4 is 82.6 Å². The van der Waals surface area contributed by atoms with Crippen LogP contribution in [0.4, 0.5) is 0 Å². The van der Waals surface area contributed by atoms with E-state index in [-0.39, 0.29) is 0 Å². The Bertz CT molecular complexity index is 539. The van der Waals surface area contributed by atoms with Gasteiger partial charge in [-0.05, 0) is 47.8 Å². The molecular weight excluding hydrogens is 494 g/mol. The van der Waals surface area contributed by atoms with Crippen LogP contribution in [0.3, 0.4) is 0 Å². The molecule has 0 atom stereocenters. The number of aromatic nitrogens is 2. The molecule has 0 aliphatic heterocycles. The Kier molecular flexibility index (Phi) is 4.53. The Morgan fingerprint density at radius 3 is 1.50 bits per heavy atom. The van der Waals surface area contributed by atoms with Gasteiger partial charge in [0.05, 0.1) is 29.8 Å². The Hall–Kier alpha value is 0.870. The summed E-state index contributed by atoms with van der Waals surface area (Å²) in [7, 11) is 3.70. The monoisotopic (exact) mass is 496 g/mol. The fraction of sp³-hybridized carbons (Fsp3) is 0.200. The second kappa shape index (κ2) is 5.34. The van der Waals surface area contributed by atoms with Gasteiger partial charge in [0.1, 0.15) is 10.3 Å². The molecule has 8 heteroatoms. The van der Waals surface area contributed by atoms with Crippen LogP contribution in [-0.2, 0) is 14.1 Å². The lowest BCUT2D eigenvalue weighted by molar-refractivity contribution is 0.884. The quantitative estimate of drug-likeness (QED) is 0.437. The number of hydrogen-bond donors (Lipinski definition) is 0. The van der Waals surface area contributed by atoms with Crippen LogP contribution in [0.25, 0.3) is 11.4 Å². The third-order valence-corrected chi connectivity index (χ3v) is 7.43. The number of hydrogen-bond acceptors (Lipinski definition) is 0. The van der Waals surface area contributed by atoms with Crippen LogP contribution in [0.15, 0.2) is 13.4 Å². The standard InChI is InChI=1S/C10H6Br3Cl3N2/c1-17-7(3(11)4(12)9(17)15)8-6(14)5(13)10(16)18(8)2/h1-2H3. The van der Waals surface area contributed by atoms with Crippen molar-refractivity contribution in [3.63, 3.8) is 0 Å². The van der Waals surface area contributed by atoms with Gasteiger partial charge in [0.2, 0.25) is 0 Å². The van der Waals surface area contributed by atoms with Gasteiger partial charge in [-0.25, -0.2) is 0 Å². The Morgan fingerprint density at radius 1 is 0.722 bits per heavy atom. The second-order valence-corrected chi connectivity index (χ2v) is 7.13. The van der Waals surface area contributed by atoms with E-state index < -0.39 is 0 Å². The SMILES string of the molecule is Cn1c(Cl)c(Br)c(Cl)c1-c1c(Br)c(Br)c(Cl)n1C. The van der Waals surface area contributed by atoms with E-state index in [1.54, 1.807) is 4.57 Å². The van der Waals surface area contributed by atoms with Crippen LogP contribution in [0.5, 0.6) is 0 Å². The molecule has 0 saturated heterocycles. The highest BCUT2D eigenvalue weighted by Gasteiger charge is 2.25. The predicted octanol–water partition coefficient (Wildman–Crippen LogP) is 6.28. The van der Waals surface area contributed by atoms with Crippen LogP contribution in [-0.4, -0.2) is 9.13 Å². The molecule has 2 rings (SSSR count). The lowest BCUT2D eigenvalue weighted by Gasteiger charge is -2.08. The molecule has 2 aromatic rings. The molecule has 18 heavy (non-hydrogen) atoms. The van der Waals surface area contributed by atoms with Gasteiger partial charge in [-0.3, -0.25) is 0 Å². The maximum atomic E-state index is 6.31. The normalized spacial score (nSPS) is 11.3. The molecule has 2 nitrogen and oxygen atoms in total. The molecule has 2 aromatic heterocycles. The summed E-state index contributed by atoms with van der Waals surface area (Å²) in [6.45, 7) is 0. The smallest absolute Gasteiger partial charge is 0.125 e. The van der Waals surface area contributed by atoms with E-state index in [1.165, 1.54) is 0 Å². The van der Waals surface area contributed by atoms with Crippen molar-refractivity contribution in [3.8, 4) is 11.4 Å². The van der Waals surface area contributed by atoms with Crippen molar-refractivity contribution in [2.24, 2.45) is 14.1 Å². The number of halogens is 6. The van der Waals surface area contributed by atoms with Crippen molar-refractivity contribution in [3.05, 3.63) is 28.7 Å². The van der Waals surface area contributed by atoms with Crippen LogP contribution in [0.2, 0.25) is 15.3 Å². The first-order valence-corrected chi connectivity index (χ1v) is 8.19. The van der Waals surface area contributed by atoms with Crippen molar-refractivity contribution in [1.29, 1.82) is 0 Å². The van der Waals surface area contributed by atoms with Crippen molar-refractivity contribution in [2.45, 2.75) is 0 Å². The molecule has 0 aliphatic carbocycles. The third-order valence-electron chi connectivity index (χ3n) is 2.65. The van der Waals surface area contributed by atoms with Crippen LogP contribution in [0.1, 0.15) is 0 Å². The fourth-order valence-corrected chi connectivity index (χ4v) is 4.08. The van der Waals surface area contributed by atoms with E-state index in [4.69, 9.17) is 34.8 Å². The summed E-state index contributed by atoms with van der Waals surface area (Å²) in [6, 6.07) is 0. The number of rotatable bonds is 1. The van der Waals surface area contributed by atoms with E-state index in [1.807, 2.05) is 18.7 Å². The molecule has 0 radical (unpaired) electrons. The van der Waals surface area contributed by atoms with Gasteiger partial charge in [-0.15, -0.1) is 0 Å². The highest BCUT2D eigenvalue weighted by molar-refractivity contribution is 9.13. The minimum Gasteiger partial charge on any atom is -0.332 e. The van der Waals surface area contributed by atoms with Crippen molar-refractivity contribution < 1.29 is 0 Å². The zero-order chi connectivity index (χ0) is 13.8. The highest BCUT2D eigenvalue weighted by atomic mass is 79.9.